The Hall–Kier alpha value is -3.06. The number of ether oxygens (including phenoxy) is 2. The Balaban J connectivity index is 1.64. The van der Waals surface area contributed by atoms with E-state index in [1.165, 1.54) is 0 Å². The number of imidazole rings is 1. The highest BCUT2D eigenvalue weighted by atomic mass is 16.5. The van der Waals surface area contributed by atoms with E-state index < -0.39 is 0 Å². The summed E-state index contributed by atoms with van der Waals surface area (Å²) in [5, 5.41) is 6.75. The molecule has 31 heavy (non-hydrogen) atoms. The lowest BCUT2D eigenvalue weighted by atomic mass is 10.1. The van der Waals surface area contributed by atoms with E-state index in [9.17, 15) is 0 Å². The van der Waals surface area contributed by atoms with Crippen molar-refractivity contribution in [2.45, 2.75) is 33.9 Å². The summed E-state index contributed by atoms with van der Waals surface area (Å²) in [6.45, 7) is 10.1. The number of aliphatic imine (C=N–C) groups is 1. The maximum absolute atomic E-state index is 5.89. The number of nitrogens with zero attached hydrogens (tertiary/aromatic N) is 3. The van der Waals surface area contributed by atoms with E-state index in [0.29, 0.717) is 19.8 Å². The number of methoxy groups -OCH3 is 1. The zero-order valence-electron chi connectivity index (χ0n) is 18.9. The van der Waals surface area contributed by atoms with Gasteiger partial charge in [0.25, 0.3) is 0 Å². The normalized spacial score (nSPS) is 11.7. The van der Waals surface area contributed by atoms with Gasteiger partial charge in [-0.05, 0) is 44.5 Å². The van der Waals surface area contributed by atoms with Crippen LogP contribution in [0.2, 0.25) is 0 Å². The molecule has 0 aliphatic carbocycles. The van der Waals surface area contributed by atoms with Crippen molar-refractivity contribution in [1.82, 2.24) is 20.2 Å². The fourth-order valence-electron chi connectivity index (χ4n) is 3.43. The van der Waals surface area contributed by atoms with Gasteiger partial charge < -0.3 is 24.7 Å². The third-order valence-electron chi connectivity index (χ3n) is 4.99. The van der Waals surface area contributed by atoms with Crippen molar-refractivity contribution in [3.8, 4) is 5.75 Å². The molecule has 166 valence electrons. The van der Waals surface area contributed by atoms with Crippen molar-refractivity contribution in [2.24, 2.45) is 4.99 Å². The summed E-state index contributed by atoms with van der Waals surface area (Å²) in [4.78, 5) is 9.40. The maximum Gasteiger partial charge on any atom is 0.191 e. The molecule has 2 N–H and O–H groups in total. The summed E-state index contributed by atoms with van der Waals surface area (Å²) in [5.41, 5.74) is 4.39. The van der Waals surface area contributed by atoms with Crippen LogP contribution in [0.3, 0.4) is 0 Å². The van der Waals surface area contributed by atoms with Gasteiger partial charge in [0, 0.05) is 32.3 Å². The first-order chi connectivity index (χ1) is 15.1. The van der Waals surface area contributed by atoms with Gasteiger partial charge in [-0.15, -0.1) is 0 Å². The van der Waals surface area contributed by atoms with Crippen molar-refractivity contribution in [1.29, 1.82) is 0 Å². The minimum Gasteiger partial charge on any atom is -0.491 e. The maximum atomic E-state index is 5.89. The molecule has 0 aliphatic heterocycles. The van der Waals surface area contributed by atoms with E-state index in [1.807, 2.05) is 31.2 Å². The minimum absolute atomic E-state index is 0.521. The number of para-hydroxylation sites is 2. The Morgan fingerprint density at radius 3 is 2.74 bits per heavy atom. The minimum atomic E-state index is 0.521. The predicted octanol–water partition coefficient (Wildman–Crippen LogP) is 3.43. The van der Waals surface area contributed by atoms with Crippen LogP contribution < -0.4 is 15.4 Å². The van der Waals surface area contributed by atoms with Crippen molar-refractivity contribution in [3.63, 3.8) is 0 Å². The molecular formula is C24H33N5O2. The number of aromatic nitrogens is 2. The molecule has 3 aromatic rings. The second kappa shape index (κ2) is 11.4. The van der Waals surface area contributed by atoms with E-state index >= 15 is 0 Å². The number of benzene rings is 2. The number of guanidine groups is 1. The van der Waals surface area contributed by atoms with Gasteiger partial charge >= 0.3 is 0 Å². The molecule has 2 aromatic carbocycles. The molecule has 0 bridgehead atoms. The predicted molar refractivity (Wildman–Crippen MR) is 126 cm³/mol. The van der Waals surface area contributed by atoms with E-state index in [2.05, 4.69) is 52.2 Å². The highest BCUT2D eigenvalue weighted by Gasteiger charge is 2.08. The molecule has 1 aromatic heterocycles. The van der Waals surface area contributed by atoms with E-state index in [0.717, 1.165) is 59.3 Å². The highest BCUT2D eigenvalue weighted by molar-refractivity contribution is 5.80. The molecular weight excluding hydrogens is 390 g/mol. The summed E-state index contributed by atoms with van der Waals surface area (Å²) < 4.78 is 13.2. The molecule has 0 saturated carbocycles. The second-order valence-electron chi connectivity index (χ2n) is 7.37. The lowest BCUT2D eigenvalue weighted by Crippen LogP contribution is -2.38. The van der Waals surface area contributed by atoms with Crippen molar-refractivity contribution in [2.75, 3.05) is 33.4 Å². The lowest BCUT2D eigenvalue weighted by molar-refractivity contribution is 0.145. The van der Waals surface area contributed by atoms with Crippen molar-refractivity contribution in [3.05, 3.63) is 59.4 Å². The number of nitrogens with one attached hydrogen (secondary N) is 2. The molecule has 0 amide bonds. The molecule has 3 rings (SSSR count). The monoisotopic (exact) mass is 423 g/mol. The summed E-state index contributed by atoms with van der Waals surface area (Å²) in [6, 6.07) is 14.4. The van der Waals surface area contributed by atoms with Crippen LogP contribution in [0, 0.1) is 13.8 Å². The third-order valence-corrected chi connectivity index (χ3v) is 4.99. The van der Waals surface area contributed by atoms with Crippen LogP contribution in [-0.4, -0.2) is 48.9 Å². The summed E-state index contributed by atoms with van der Waals surface area (Å²) in [7, 11) is 1.67. The SMILES string of the molecule is CCNC(=NCc1ccc(C)cc1OCCOC)NCCn1c(C)nc2ccccc21. The summed E-state index contributed by atoms with van der Waals surface area (Å²) >= 11 is 0. The Morgan fingerprint density at radius 1 is 1.10 bits per heavy atom. The number of hydrogen-bond donors (Lipinski definition) is 2. The number of aryl methyl sites for hydroxylation is 2. The number of rotatable bonds is 10. The Bertz CT molecular complexity index is 1010. The largest absolute Gasteiger partial charge is 0.491 e. The molecule has 0 saturated heterocycles. The van der Waals surface area contributed by atoms with Crippen molar-refractivity contribution < 1.29 is 9.47 Å². The topological polar surface area (TPSA) is 72.7 Å². The second-order valence-corrected chi connectivity index (χ2v) is 7.37. The lowest BCUT2D eigenvalue weighted by Gasteiger charge is -2.14. The highest BCUT2D eigenvalue weighted by Crippen LogP contribution is 2.21. The van der Waals surface area contributed by atoms with Crippen LogP contribution in [-0.2, 0) is 17.8 Å². The molecule has 0 aliphatic rings. The van der Waals surface area contributed by atoms with Crippen LogP contribution in [0.4, 0.5) is 0 Å². The van der Waals surface area contributed by atoms with Crippen LogP contribution in [0.15, 0.2) is 47.5 Å². The first-order valence-electron chi connectivity index (χ1n) is 10.8. The van der Waals surface area contributed by atoms with Crippen molar-refractivity contribution >= 4 is 17.0 Å². The average Bonchev–Trinajstić information content (AvgIpc) is 3.08. The van der Waals surface area contributed by atoms with Crippen LogP contribution in [0.1, 0.15) is 23.9 Å². The molecule has 0 atom stereocenters. The average molecular weight is 424 g/mol. The molecule has 0 radical (unpaired) electrons. The van der Waals surface area contributed by atoms with Crippen LogP contribution in [0.25, 0.3) is 11.0 Å². The molecule has 0 spiro atoms. The van der Waals surface area contributed by atoms with E-state index in [1.54, 1.807) is 7.11 Å². The fraction of sp³-hybridized carbons (Fsp3) is 0.417. The zero-order valence-corrected chi connectivity index (χ0v) is 18.9. The van der Waals surface area contributed by atoms with Gasteiger partial charge in [-0.2, -0.15) is 0 Å². The number of fused-ring (bicyclic) bond motifs is 1. The number of hydrogen-bond acceptors (Lipinski definition) is 4. The van der Waals surface area contributed by atoms with Gasteiger partial charge in [0.05, 0.1) is 24.2 Å². The quantitative estimate of drug-likeness (QED) is 0.297. The van der Waals surface area contributed by atoms with Gasteiger partial charge in [-0.1, -0.05) is 24.3 Å². The van der Waals surface area contributed by atoms with Gasteiger partial charge in [0.2, 0.25) is 0 Å². The molecule has 0 unspecified atom stereocenters. The van der Waals surface area contributed by atoms with E-state index in [4.69, 9.17) is 14.5 Å². The third kappa shape index (κ3) is 6.21. The smallest absolute Gasteiger partial charge is 0.191 e. The Labute approximate surface area is 184 Å². The summed E-state index contributed by atoms with van der Waals surface area (Å²) in [5.74, 6) is 2.66. The van der Waals surface area contributed by atoms with Gasteiger partial charge in [0.1, 0.15) is 18.2 Å². The van der Waals surface area contributed by atoms with E-state index in [-0.39, 0.29) is 0 Å². The van der Waals surface area contributed by atoms with Gasteiger partial charge in [0.15, 0.2) is 5.96 Å². The van der Waals surface area contributed by atoms with Crippen LogP contribution in [0.5, 0.6) is 5.75 Å². The molecule has 7 heteroatoms. The Kier molecular flexibility index (Phi) is 8.29. The molecule has 0 fully saturated rings. The Morgan fingerprint density at radius 2 is 1.94 bits per heavy atom. The zero-order chi connectivity index (χ0) is 22.1. The standard InChI is InChI=1S/C24H33N5O2/c1-5-25-24(26-12-13-29-19(3)28-21-8-6-7-9-22(21)29)27-17-20-11-10-18(2)16-23(20)31-15-14-30-4/h6-11,16H,5,12-15,17H2,1-4H3,(H2,25,26,27). The summed E-state index contributed by atoms with van der Waals surface area (Å²) in [6.07, 6.45) is 0. The molecule has 7 nitrogen and oxygen atoms in total. The van der Waals surface area contributed by atoms with Gasteiger partial charge in [-0.3, -0.25) is 0 Å². The molecule has 1 heterocycles. The fourth-order valence-corrected chi connectivity index (χ4v) is 3.43. The van der Waals surface area contributed by atoms with Gasteiger partial charge in [-0.25, -0.2) is 9.98 Å². The first-order valence-corrected chi connectivity index (χ1v) is 10.8. The first kappa shape index (κ1) is 22.6. The van der Waals surface area contributed by atoms with Crippen LogP contribution >= 0.6 is 0 Å².